The van der Waals surface area contributed by atoms with Crippen LogP contribution in [0.5, 0.6) is 0 Å². The fourth-order valence-electron chi connectivity index (χ4n) is 2.13. The quantitative estimate of drug-likeness (QED) is 0.582. The number of nitrogens with zero attached hydrogens (tertiary/aromatic N) is 1. The van der Waals surface area contributed by atoms with Crippen LogP contribution in [-0.2, 0) is 0 Å². The van der Waals surface area contributed by atoms with E-state index < -0.39 is 0 Å². The van der Waals surface area contributed by atoms with Gasteiger partial charge in [-0.3, -0.25) is 0 Å². The van der Waals surface area contributed by atoms with Crippen LogP contribution >= 0.6 is 11.6 Å². The molecule has 0 aliphatic heterocycles. The molecule has 0 bridgehead atoms. The Morgan fingerprint density at radius 2 is 1.19 bits per heavy atom. The molecule has 0 fully saturated rings. The van der Waals surface area contributed by atoms with Crippen LogP contribution in [0.4, 0.5) is 8.78 Å². The van der Waals surface area contributed by atoms with Gasteiger partial charge in [0.05, 0.1) is 5.69 Å². The lowest BCUT2D eigenvalue weighted by Crippen LogP contribution is -1.90. The topological polar surface area (TPSA) is 12.9 Å². The van der Waals surface area contributed by atoms with Gasteiger partial charge in [0.25, 0.3) is 0 Å². The molecule has 1 nitrogen and oxygen atoms in total. The molecule has 0 amide bonds. The first-order valence-electron chi connectivity index (χ1n) is 6.32. The van der Waals surface area contributed by atoms with Gasteiger partial charge in [0.15, 0.2) is 0 Å². The van der Waals surface area contributed by atoms with E-state index in [0.29, 0.717) is 10.8 Å². The Labute approximate surface area is 125 Å². The van der Waals surface area contributed by atoms with Crippen molar-refractivity contribution in [2.24, 2.45) is 0 Å². The van der Waals surface area contributed by atoms with E-state index in [0.717, 1.165) is 16.7 Å². The summed E-state index contributed by atoms with van der Waals surface area (Å²) in [7, 11) is 0. The number of rotatable bonds is 2. The Hall–Kier alpha value is -2.26. The molecule has 0 saturated heterocycles. The van der Waals surface area contributed by atoms with Crippen LogP contribution in [0.3, 0.4) is 0 Å². The zero-order valence-corrected chi connectivity index (χ0v) is 11.6. The minimum atomic E-state index is -0.316. The van der Waals surface area contributed by atoms with Gasteiger partial charge in [0.1, 0.15) is 16.8 Å². The molecule has 0 radical (unpaired) electrons. The Kier molecular flexibility index (Phi) is 3.67. The average Bonchev–Trinajstić information content (AvgIpc) is 2.49. The molecule has 4 heteroatoms. The maximum atomic E-state index is 13.1. The van der Waals surface area contributed by atoms with E-state index in [1.807, 2.05) is 6.07 Å². The maximum Gasteiger partial charge on any atom is 0.129 e. The molecule has 0 spiro atoms. The minimum absolute atomic E-state index is 0.302. The largest absolute Gasteiger partial charge is 0.235 e. The molecule has 2 aromatic carbocycles. The van der Waals surface area contributed by atoms with Gasteiger partial charge >= 0.3 is 0 Å². The van der Waals surface area contributed by atoms with E-state index in [1.54, 1.807) is 30.3 Å². The smallest absolute Gasteiger partial charge is 0.129 e. The number of benzene rings is 2. The zero-order valence-electron chi connectivity index (χ0n) is 10.9. The lowest BCUT2D eigenvalue weighted by atomic mass is 9.99. The van der Waals surface area contributed by atoms with Crippen LogP contribution < -0.4 is 0 Å². The molecule has 3 aromatic rings. The van der Waals surface area contributed by atoms with Gasteiger partial charge in [-0.05, 0) is 54.1 Å². The van der Waals surface area contributed by atoms with Crippen LogP contribution in [0.15, 0.2) is 60.7 Å². The Balaban J connectivity index is 2.17. The number of pyridine rings is 1. The first-order valence-corrected chi connectivity index (χ1v) is 6.70. The fraction of sp³-hybridized carbons (Fsp3) is 0. The highest BCUT2D eigenvalue weighted by molar-refractivity contribution is 6.29. The van der Waals surface area contributed by atoms with Gasteiger partial charge in [0.2, 0.25) is 0 Å². The van der Waals surface area contributed by atoms with Crippen molar-refractivity contribution in [1.29, 1.82) is 0 Å². The summed E-state index contributed by atoms with van der Waals surface area (Å²) in [6.07, 6.45) is 0. The Bertz CT molecular complexity index is 768. The zero-order chi connectivity index (χ0) is 14.8. The summed E-state index contributed by atoms with van der Waals surface area (Å²) in [5.74, 6) is -0.617. The summed E-state index contributed by atoms with van der Waals surface area (Å²) in [5.41, 5.74) is 3.01. The lowest BCUT2D eigenvalue weighted by Gasteiger charge is -2.10. The lowest BCUT2D eigenvalue weighted by molar-refractivity contribution is 0.627. The summed E-state index contributed by atoms with van der Waals surface area (Å²) in [5, 5.41) is 0.347. The Morgan fingerprint density at radius 1 is 0.667 bits per heavy atom. The average molecular weight is 302 g/mol. The second-order valence-electron chi connectivity index (χ2n) is 4.54. The van der Waals surface area contributed by atoms with E-state index >= 15 is 0 Å². The number of hydrogen-bond donors (Lipinski definition) is 0. The van der Waals surface area contributed by atoms with E-state index in [1.165, 1.54) is 24.3 Å². The van der Waals surface area contributed by atoms with Gasteiger partial charge in [-0.25, -0.2) is 13.8 Å². The van der Waals surface area contributed by atoms with Crippen molar-refractivity contribution >= 4 is 11.6 Å². The number of aromatic nitrogens is 1. The SMILES string of the molecule is Fc1ccc(-c2ccc(Cl)nc2-c2ccc(F)cc2)cc1. The molecule has 0 N–H and O–H groups in total. The molecular weight excluding hydrogens is 292 g/mol. The molecule has 21 heavy (non-hydrogen) atoms. The van der Waals surface area contributed by atoms with Gasteiger partial charge in [0, 0.05) is 11.1 Å². The van der Waals surface area contributed by atoms with Crippen LogP contribution in [-0.4, -0.2) is 4.98 Å². The molecule has 0 unspecified atom stereocenters. The molecule has 0 saturated carbocycles. The van der Waals surface area contributed by atoms with Crippen molar-refractivity contribution in [1.82, 2.24) is 4.98 Å². The molecule has 1 aromatic heterocycles. The second-order valence-corrected chi connectivity index (χ2v) is 4.93. The van der Waals surface area contributed by atoms with Crippen molar-refractivity contribution in [3.05, 3.63) is 77.5 Å². The number of halogens is 3. The molecule has 0 aliphatic carbocycles. The fourth-order valence-corrected chi connectivity index (χ4v) is 2.27. The minimum Gasteiger partial charge on any atom is -0.235 e. The van der Waals surface area contributed by atoms with Crippen molar-refractivity contribution in [2.75, 3.05) is 0 Å². The highest BCUT2D eigenvalue weighted by Crippen LogP contribution is 2.31. The van der Waals surface area contributed by atoms with Crippen LogP contribution in [0.2, 0.25) is 5.15 Å². The van der Waals surface area contributed by atoms with Crippen LogP contribution in [0.1, 0.15) is 0 Å². The summed E-state index contributed by atoms with van der Waals surface area (Å²) < 4.78 is 26.1. The van der Waals surface area contributed by atoms with Gasteiger partial charge in [-0.1, -0.05) is 23.7 Å². The Morgan fingerprint density at radius 3 is 1.76 bits per heavy atom. The summed E-state index contributed by atoms with van der Waals surface area (Å²) in [6.45, 7) is 0. The van der Waals surface area contributed by atoms with Crippen molar-refractivity contribution in [3.63, 3.8) is 0 Å². The van der Waals surface area contributed by atoms with Gasteiger partial charge < -0.3 is 0 Å². The predicted octanol–water partition coefficient (Wildman–Crippen LogP) is 5.35. The second kappa shape index (κ2) is 5.62. The standard InChI is InChI=1S/C17H10ClF2N/c18-16-10-9-15(11-1-5-13(19)6-2-11)17(21-16)12-3-7-14(20)8-4-12/h1-10H. The van der Waals surface area contributed by atoms with Gasteiger partial charge in [-0.2, -0.15) is 0 Å². The predicted molar refractivity (Wildman–Crippen MR) is 80.0 cm³/mol. The van der Waals surface area contributed by atoms with E-state index in [-0.39, 0.29) is 11.6 Å². The van der Waals surface area contributed by atoms with Crippen molar-refractivity contribution in [3.8, 4) is 22.4 Å². The number of hydrogen-bond acceptors (Lipinski definition) is 1. The third kappa shape index (κ3) is 2.93. The van der Waals surface area contributed by atoms with Crippen molar-refractivity contribution < 1.29 is 8.78 Å². The molecule has 104 valence electrons. The van der Waals surface area contributed by atoms with E-state index in [2.05, 4.69) is 4.98 Å². The van der Waals surface area contributed by atoms with E-state index in [9.17, 15) is 8.78 Å². The highest BCUT2D eigenvalue weighted by atomic mass is 35.5. The molecule has 3 rings (SSSR count). The summed E-state index contributed by atoms with van der Waals surface area (Å²) in [6, 6.07) is 15.6. The molecule has 1 heterocycles. The molecule has 0 atom stereocenters. The third-order valence-corrected chi connectivity index (χ3v) is 3.34. The highest BCUT2D eigenvalue weighted by Gasteiger charge is 2.10. The van der Waals surface area contributed by atoms with Crippen molar-refractivity contribution in [2.45, 2.75) is 0 Å². The third-order valence-electron chi connectivity index (χ3n) is 3.13. The van der Waals surface area contributed by atoms with Gasteiger partial charge in [-0.15, -0.1) is 0 Å². The first-order chi connectivity index (χ1) is 10.1. The maximum absolute atomic E-state index is 13.1. The molecule has 0 aliphatic rings. The monoisotopic (exact) mass is 301 g/mol. The summed E-state index contributed by atoms with van der Waals surface area (Å²) >= 11 is 5.97. The summed E-state index contributed by atoms with van der Waals surface area (Å²) in [4.78, 5) is 4.32. The first kappa shape index (κ1) is 13.7. The normalized spacial score (nSPS) is 10.6. The van der Waals surface area contributed by atoms with Crippen LogP contribution in [0, 0.1) is 11.6 Å². The van der Waals surface area contributed by atoms with E-state index in [4.69, 9.17) is 11.6 Å². The molecular formula is C17H10ClF2N. The van der Waals surface area contributed by atoms with Crippen LogP contribution in [0.25, 0.3) is 22.4 Å².